The molecule has 0 saturated heterocycles. The van der Waals surface area contributed by atoms with Gasteiger partial charge in [-0.05, 0) is 0 Å². The normalized spacial score (nSPS) is 13.9. The molecule has 0 radical (unpaired) electrons. The summed E-state index contributed by atoms with van der Waals surface area (Å²) in [6.45, 7) is -2.12. The summed E-state index contributed by atoms with van der Waals surface area (Å²) in [6.07, 6.45) is 2.74. The Labute approximate surface area is 153 Å². The number of aliphatic carboxylic acids is 1. The molecule has 0 aliphatic rings. The molecule has 0 spiro atoms. The topological polar surface area (TPSA) is 220 Å². The predicted octanol–water partition coefficient (Wildman–Crippen LogP) is -4.57. The standard InChI is InChI=1S/C14H22N6O7/c15-8(4-21)12(25)19-9(1-7-2-16-6-18-7)14(27)20-10(5-22)13(26)17-3-11(23)24/h2,6,8-10,21-22H,1,3-5,15H2,(H,16,18)(H,17,26)(H,19,25)(H,20,27)(H,23,24). The van der Waals surface area contributed by atoms with E-state index >= 15 is 0 Å². The second kappa shape index (κ2) is 10.8. The lowest BCUT2D eigenvalue weighted by Gasteiger charge is -2.22. The number of carbonyl (C=O) groups is 4. The molecular formula is C14H22N6O7. The van der Waals surface area contributed by atoms with Crippen LogP contribution < -0.4 is 21.7 Å². The van der Waals surface area contributed by atoms with Gasteiger partial charge < -0.3 is 42.0 Å². The lowest BCUT2D eigenvalue weighted by Crippen LogP contribution is -2.57. The number of aliphatic hydroxyl groups is 2. The van der Waals surface area contributed by atoms with Crippen LogP contribution in [0, 0.1) is 0 Å². The van der Waals surface area contributed by atoms with Crippen molar-refractivity contribution in [2.45, 2.75) is 24.5 Å². The third-order valence-electron chi connectivity index (χ3n) is 3.37. The zero-order chi connectivity index (χ0) is 20.4. The van der Waals surface area contributed by atoms with Gasteiger partial charge in [0.25, 0.3) is 0 Å². The van der Waals surface area contributed by atoms with E-state index in [4.69, 9.17) is 15.9 Å². The minimum atomic E-state index is -1.43. The van der Waals surface area contributed by atoms with Crippen LogP contribution in [0.15, 0.2) is 12.5 Å². The number of nitrogens with one attached hydrogen (secondary N) is 4. The van der Waals surface area contributed by atoms with Crippen molar-refractivity contribution in [2.24, 2.45) is 5.73 Å². The molecule has 13 heteroatoms. The highest BCUT2D eigenvalue weighted by molar-refractivity contribution is 5.93. The van der Waals surface area contributed by atoms with Gasteiger partial charge in [-0.2, -0.15) is 0 Å². The van der Waals surface area contributed by atoms with Crippen LogP contribution in [0.5, 0.6) is 0 Å². The van der Waals surface area contributed by atoms with Gasteiger partial charge in [0.15, 0.2) is 0 Å². The highest BCUT2D eigenvalue weighted by Crippen LogP contribution is 2.00. The number of carbonyl (C=O) groups excluding carboxylic acids is 3. The van der Waals surface area contributed by atoms with Gasteiger partial charge in [0.05, 0.1) is 19.5 Å². The molecule has 0 fully saturated rings. The Kier molecular flexibility index (Phi) is 8.84. The number of aliphatic hydroxyl groups excluding tert-OH is 2. The number of H-pyrrole nitrogens is 1. The van der Waals surface area contributed by atoms with Crippen molar-refractivity contribution < 1.29 is 34.5 Å². The summed E-state index contributed by atoms with van der Waals surface area (Å²) in [5.41, 5.74) is 5.90. The molecule has 3 amide bonds. The smallest absolute Gasteiger partial charge is 0.322 e. The van der Waals surface area contributed by atoms with Gasteiger partial charge in [-0.1, -0.05) is 0 Å². The van der Waals surface area contributed by atoms with E-state index in [1.807, 2.05) is 5.32 Å². The first kappa shape index (κ1) is 22.0. The van der Waals surface area contributed by atoms with Crippen LogP contribution in [-0.2, 0) is 25.6 Å². The van der Waals surface area contributed by atoms with E-state index in [1.165, 1.54) is 12.5 Å². The minimum Gasteiger partial charge on any atom is -0.480 e. The molecule has 0 aromatic carbocycles. The molecule has 1 heterocycles. The first-order valence-electron chi connectivity index (χ1n) is 7.83. The van der Waals surface area contributed by atoms with E-state index in [0.717, 1.165) is 0 Å². The number of carboxylic acid groups (broad SMARTS) is 1. The Morgan fingerprint density at radius 3 is 2.26 bits per heavy atom. The van der Waals surface area contributed by atoms with Crippen LogP contribution in [0.1, 0.15) is 5.69 Å². The average Bonchev–Trinajstić information content (AvgIpc) is 3.15. The van der Waals surface area contributed by atoms with Gasteiger partial charge in [-0.3, -0.25) is 19.2 Å². The Morgan fingerprint density at radius 1 is 1.07 bits per heavy atom. The maximum atomic E-state index is 12.5. The molecule has 27 heavy (non-hydrogen) atoms. The summed E-state index contributed by atoms with van der Waals surface area (Å²) in [5.74, 6) is -3.83. The van der Waals surface area contributed by atoms with E-state index in [0.29, 0.717) is 5.69 Å². The van der Waals surface area contributed by atoms with E-state index in [-0.39, 0.29) is 6.42 Å². The number of aromatic nitrogens is 2. The number of rotatable bonds is 11. The summed E-state index contributed by atoms with van der Waals surface area (Å²) < 4.78 is 0. The fraction of sp³-hybridized carbons (Fsp3) is 0.500. The van der Waals surface area contributed by atoms with Gasteiger partial charge in [0, 0.05) is 18.3 Å². The van der Waals surface area contributed by atoms with E-state index in [2.05, 4.69) is 20.6 Å². The van der Waals surface area contributed by atoms with Gasteiger partial charge in [-0.15, -0.1) is 0 Å². The summed E-state index contributed by atoms with van der Waals surface area (Å²) in [5, 5.41) is 33.3. The van der Waals surface area contributed by atoms with Gasteiger partial charge in [-0.25, -0.2) is 4.98 Å². The first-order valence-corrected chi connectivity index (χ1v) is 7.83. The molecule has 1 aromatic rings. The molecule has 150 valence electrons. The quantitative estimate of drug-likeness (QED) is 0.183. The second-order valence-corrected chi connectivity index (χ2v) is 5.49. The fourth-order valence-corrected chi connectivity index (χ4v) is 1.94. The third-order valence-corrected chi connectivity index (χ3v) is 3.37. The zero-order valence-electron chi connectivity index (χ0n) is 14.2. The van der Waals surface area contributed by atoms with Crippen LogP contribution in [0.4, 0.5) is 0 Å². The Hall–Kier alpha value is -3.03. The van der Waals surface area contributed by atoms with E-state index < -0.39 is 61.6 Å². The number of hydrogen-bond acceptors (Lipinski definition) is 8. The number of nitrogens with zero attached hydrogens (tertiary/aromatic N) is 1. The van der Waals surface area contributed by atoms with Crippen molar-refractivity contribution in [1.82, 2.24) is 25.9 Å². The molecule has 0 aliphatic heterocycles. The maximum absolute atomic E-state index is 12.5. The highest BCUT2D eigenvalue weighted by atomic mass is 16.4. The minimum absolute atomic E-state index is 0.0371. The number of amides is 3. The summed E-state index contributed by atoms with van der Waals surface area (Å²) >= 11 is 0. The monoisotopic (exact) mass is 386 g/mol. The average molecular weight is 386 g/mol. The molecule has 0 bridgehead atoms. The van der Waals surface area contributed by atoms with Gasteiger partial charge >= 0.3 is 5.97 Å². The molecule has 1 aromatic heterocycles. The number of imidazole rings is 1. The van der Waals surface area contributed by atoms with Crippen molar-refractivity contribution in [1.29, 1.82) is 0 Å². The maximum Gasteiger partial charge on any atom is 0.322 e. The summed E-state index contributed by atoms with van der Waals surface area (Å²) in [4.78, 5) is 53.2. The molecule has 0 aliphatic carbocycles. The SMILES string of the molecule is NC(CO)C(=O)NC(Cc1cnc[nH]1)C(=O)NC(CO)C(=O)NCC(=O)O. The van der Waals surface area contributed by atoms with Crippen molar-refractivity contribution in [3.63, 3.8) is 0 Å². The van der Waals surface area contributed by atoms with Crippen LogP contribution in [0.25, 0.3) is 0 Å². The molecule has 3 unspecified atom stereocenters. The lowest BCUT2D eigenvalue weighted by atomic mass is 10.1. The summed E-state index contributed by atoms with van der Waals surface area (Å²) in [6, 6.07) is -3.88. The molecule has 0 saturated carbocycles. The van der Waals surface area contributed by atoms with Crippen molar-refractivity contribution in [2.75, 3.05) is 19.8 Å². The zero-order valence-corrected chi connectivity index (χ0v) is 14.2. The number of aromatic amines is 1. The first-order chi connectivity index (χ1) is 12.8. The fourth-order valence-electron chi connectivity index (χ4n) is 1.94. The predicted molar refractivity (Wildman–Crippen MR) is 88.9 cm³/mol. The summed E-state index contributed by atoms with van der Waals surface area (Å²) in [7, 11) is 0. The third kappa shape index (κ3) is 7.39. The highest BCUT2D eigenvalue weighted by Gasteiger charge is 2.28. The Bertz CT molecular complexity index is 650. The number of carboxylic acids is 1. The van der Waals surface area contributed by atoms with Crippen molar-refractivity contribution >= 4 is 23.7 Å². The molecule has 1 rings (SSSR count). The van der Waals surface area contributed by atoms with Crippen LogP contribution in [0.2, 0.25) is 0 Å². The van der Waals surface area contributed by atoms with Crippen LogP contribution >= 0.6 is 0 Å². The largest absolute Gasteiger partial charge is 0.480 e. The molecule has 13 nitrogen and oxygen atoms in total. The number of hydrogen-bond donors (Lipinski definition) is 8. The van der Waals surface area contributed by atoms with Crippen molar-refractivity contribution in [3.8, 4) is 0 Å². The van der Waals surface area contributed by atoms with Crippen molar-refractivity contribution in [3.05, 3.63) is 18.2 Å². The lowest BCUT2D eigenvalue weighted by molar-refractivity contribution is -0.139. The molecule has 3 atom stereocenters. The van der Waals surface area contributed by atoms with E-state index in [9.17, 15) is 24.3 Å². The number of nitrogens with two attached hydrogens (primary N) is 1. The molecule has 9 N–H and O–H groups in total. The van der Waals surface area contributed by atoms with Gasteiger partial charge in [0.1, 0.15) is 24.7 Å². The van der Waals surface area contributed by atoms with E-state index in [1.54, 1.807) is 0 Å². The Balaban J connectivity index is 2.82. The van der Waals surface area contributed by atoms with Gasteiger partial charge in [0.2, 0.25) is 17.7 Å². The Morgan fingerprint density at radius 2 is 1.74 bits per heavy atom. The second-order valence-electron chi connectivity index (χ2n) is 5.49. The molecular weight excluding hydrogens is 364 g/mol. The van der Waals surface area contributed by atoms with Crippen LogP contribution in [0.3, 0.4) is 0 Å². The van der Waals surface area contributed by atoms with Crippen LogP contribution in [-0.4, -0.2) is 86.9 Å².